The number of anilines is 1. The lowest BCUT2D eigenvalue weighted by atomic mass is 10.1. The Labute approximate surface area is 203 Å². The zero-order valence-electron chi connectivity index (χ0n) is 19.1. The number of nitrogens with zero attached hydrogens (tertiary/aromatic N) is 3. The van der Waals surface area contributed by atoms with Gasteiger partial charge in [0, 0.05) is 19.7 Å². The van der Waals surface area contributed by atoms with Crippen molar-refractivity contribution in [2.45, 2.75) is 18.4 Å². The van der Waals surface area contributed by atoms with Gasteiger partial charge in [-0.2, -0.15) is 0 Å². The normalized spacial score (nSPS) is 11.6. The maximum absolute atomic E-state index is 13.6. The lowest BCUT2D eigenvalue weighted by molar-refractivity contribution is 0.0985. The van der Waals surface area contributed by atoms with Gasteiger partial charge in [0.2, 0.25) is 10.0 Å². The van der Waals surface area contributed by atoms with Crippen LogP contribution in [0.3, 0.4) is 0 Å². The highest BCUT2D eigenvalue weighted by Crippen LogP contribution is 2.33. The van der Waals surface area contributed by atoms with Crippen molar-refractivity contribution in [2.24, 2.45) is 0 Å². The van der Waals surface area contributed by atoms with Crippen LogP contribution in [0.25, 0.3) is 10.2 Å². The van der Waals surface area contributed by atoms with E-state index in [1.54, 1.807) is 4.90 Å². The predicted molar refractivity (Wildman–Crippen MR) is 135 cm³/mol. The van der Waals surface area contributed by atoms with E-state index in [0.717, 1.165) is 25.8 Å². The van der Waals surface area contributed by atoms with Gasteiger partial charge in [0.25, 0.3) is 5.91 Å². The molecule has 0 unspecified atom stereocenters. The van der Waals surface area contributed by atoms with E-state index in [9.17, 15) is 13.2 Å². The molecule has 176 valence electrons. The van der Waals surface area contributed by atoms with Crippen molar-refractivity contribution in [3.63, 3.8) is 0 Å². The number of fused-ring (bicyclic) bond motifs is 1. The molecule has 4 aromatic rings. The zero-order chi connectivity index (χ0) is 24.3. The molecule has 0 aliphatic rings. The lowest BCUT2D eigenvalue weighted by Crippen LogP contribution is -2.30. The van der Waals surface area contributed by atoms with Crippen molar-refractivity contribution in [3.8, 4) is 5.75 Å². The van der Waals surface area contributed by atoms with Gasteiger partial charge in [0.15, 0.2) is 5.13 Å². The average Bonchev–Trinajstić information content (AvgIpc) is 3.26. The molecule has 34 heavy (non-hydrogen) atoms. The summed E-state index contributed by atoms with van der Waals surface area (Å²) in [4.78, 5) is 20.1. The minimum absolute atomic E-state index is 0.132. The molecule has 4 rings (SSSR count). The molecule has 0 fully saturated rings. The van der Waals surface area contributed by atoms with E-state index in [1.807, 2.05) is 55.5 Å². The molecule has 0 atom stereocenters. The summed E-state index contributed by atoms with van der Waals surface area (Å²) in [5.74, 6) is 0.491. The summed E-state index contributed by atoms with van der Waals surface area (Å²) in [5.41, 5.74) is 2.11. The van der Waals surface area contributed by atoms with Crippen molar-refractivity contribution in [2.75, 3.05) is 25.6 Å². The first kappa shape index (κ1) is 23.9. The van der Waals surface area contributed by atoms with E-state index >= 15 is 0 Å². The summed E-state index contributed by atoms with van der Waals surface area (Å²) < 4.78 is 32.4. The molecule has 0 bridgehead atoms. The van der Waals surface area contributed by atoms with Crippen molar-refractivity contribution < 1.29 is 17.9 Å². The minimum atomic E-state index is -3.58. The predicted octanol–water partition coefficient (Wildman–Crippen LogP) is 4.79. The Kier molecular flexibility index (Phi) is 6.97. The molecule has 0 radical (unpaired) electrons. The van der Waals surface area contributed by atoms with Crippen LogP contribution in [-0.2, 0) is 16.6 Å². The second kappa shape index (κ2) is 9.92. The summed E-state index contributed by atoms with van der Waals surface area (Å²) in [6.45, 7) is 2.82. The third-order valence-corrected chi connectivity index (χ3v) is 8.07. The topological polar surface area (TPSA) is 79.8 Å². The number of rotatable bonds is 8. The standard InChI is InChI=1S/C25H25N3O4S2/c1-4-32-20-12-15-22-23(16-20)33-25(26-22)28(17-18-8-6-5-7-9-18)24(29)19-10-13-21(14-11-19)34(30,31)27(2)3/h5-16H,4,17H2,1-3H3. The number of hydrogen-bond donors (Lipinski definition) is 0. The summed E-state index contributed by atoms with van der Waals surface area (Å²) in [7, 11) is -0.636. The number of hydrogen-bond acceptors (Lipinski definition) is 6. The van der Waals surface area contributed by atoms with Crippen LogP contribution in [0.1, 0.15) is 22.8 Å². The molecule has 1 amide bonds. The first-order valence-electron chi connectivity index (χ1n) is 10.7. The highest BCUT2D eigenvalue weighted by molar-refractivity contribution is 7.89. The highest BCUT2D eigenvalue weighted by Gasteiger charge is 2.23. The third-order valence-electron chi connectivity index (χ3n) is 5.20. The zero-order valence-corrected chi connectivity index (χ0v) is 20.8. The lowest BCUT2D eigenvalue weighted by Gasteiger charge is -2.20. The van der Waals surface area contributed by atoms with Crippen LogP contribution in [0.5, 0.6) is 5.75 Å². The van der Waals surface area contributed by atoms with Crippen LogP contribution < -0.4 is 9.64 Å². The molecule has 0 N–H and O–H groups in total. The Bertz CT molecular complexity index is 1400. The molecule has 0 aliphatic heterocycles. The number of aromatic nitrogens is 1. The Hall–Kier alpha value is -3.27. The van der Waals surface area contributed by atoms with Gasteiger partial charge in [-0.25, -0.2) is 17.7 Å². The fourth-order valence-electron chi connectivity index (χ4n) is 3.39. The molecule has 0 spiro atoms. The second-order valence-electron chi connectivity index (χ2n) is 7.75. The Balaban J connectivity index is 1.71. The number of carbonyl (C=O) groups excluding carboxylic acids is 1. The van der Waals surface area contributed by atoms with E-state index in [-0.39, 0.29) is 10.8 Å². The number of amides is 1. The third kappa shape index (κ3) is 4.96. The van der Waals surface area contributed by atoms with Gasteiger partial charge >= 0.3 is 0 Å². The van der Waals surface area contributed by atoms with E-state index in [4.69, 9.17) is 9.72 Å². The minimum Gasteiger partial charge on any atom is -0.494 e. The van der Waals surface area contributed by atoms with Crippen LogP contribution in [-0.4, -0.2) is 44.3 Å². The Morgan fingerprint density at radius 1 is 1.00 bits per heavy atom. The smallest absolute Gasteiger partial charge is 0.260 e. The van der Waals surface area contributed by atoms with Crippen molar-refractivity contribution in [3.05, 3.63) is 83.9 Å². The average molecular weight is 496 g/mol. The Morgan fingerprint density at radius 2 is 1.71 bits per heavy atom. The summed E-state index contributed by atoms with van der Waals surface area (Å²) in [6, 6.07) is 21.3. The van der Waals surface area contributed by atoms with Gasteiger partial charge in [0.1, 0.15) is 5.75 Å². The van der Waals surface area contributed by atoms with Gasteiger partial charge in [-0.3, -0.25) is 9.69 Å². The molecule has 9 heteroatoms. The molecule has 0 saturated heterocycles. The van der Waals surface area contributed by atoms with Crippen LogP contribution in [0.15, 0.2) is 77.7 Å². The molecule has 0 saturated carbocycles. The van der Waals surface area contributed by atoms with Crippen LogP contribution in [0.2, 0.25) is 0 Å². The molecule has 1 aromatic heterocycles. The maximum Gasteiger partial charge on any atom is 0.260 e. The fourth-order valence-corrected chi connectivity index (χ4v) is 5.29. The molecular weight excluding hydrogens is 470 g/mol. The van der Waals surface area contributed by atoms with Gasteiger partial charge in [-0.15, -0.1) is 0 Å². The van der Waals surface area contributed by atoms with E-state index < -0.39 is 10.0 Å². The number of sulfonamides is 1. The van der Waals surface area contributed by atoms with Crippen molar-refractivity contribution in [1.82, 2.24) is 9.29 Å². The summed E-state index contributed by atoms with van der Waals surface area (Å²) in [5, 5.41) is 0.558. The first-order valence-corrected chi connectivity index (χ1v) is 13.0. The fraction of sp³-hybridized carbons (Fsp3) is 0.200. The van der Waals surface area contributed by atoms with Crippen LogP contribution in [0.4, 0.5) is 5.13 Å². The second-order valence-corrected chi connectivity index (χ2v) is 10.9. The monoisotopic (exact) mass is 495 g/mol. The van der Waals surface area contributed by atoms with E-state index in [2.05, 4.69) is 0 Å². The molecule has 7 nitrogen and oxygen atoms in total. The number of thiazole rings is 1. The molecule has 1 heterocycles. The van der Waals surface area contributed by atoms with Gasteiger partial charge in [0.05, 0.1) is 28.3 Å². The quantitative estimate of drug-likeness (QED) is 0.351. The van der Waals surface area contributed by atoms with E-state index in [0.29, 0.717) is 23.8 Å². The Morgan fingerprint density at radius 3 is 2.35 bits per heavy atom. The van der Waals surface area contributed by atoms with Crippen LogP contribution >= 0.6 is 11.3 Å². The highest BCUT2D eigenvalue weighted by atomic mass is 32.2. The van der Waals surface area contributed by atoms with Gasteiger partial charge in [-0.1, -0.05) is 41.7 Å². The first-order chi connectivity index (χ1) is 16.3. The molecule has 0 aliphatic carbocycles. The summed E-state index contributed by atoms with van der Waals surface area (Å²) >= 11 is 1.41. The van der Waals surface area contributed by atoms with E-state index in [1.165, 1.54) is 49.7 Å². The van der Waals surface area contributed by atoms with Gasteiger partial charge in [-0.05, 0) is 55.0 Å². The number of ether oxygens (including phenoxy) is 1. The molecular formula is C25H25N3O4S2. The SMILES string of the molecule is CCOc1ccc2nc(N(Cc3ccccc3)C(=O)c3ccc(S(=O)(=O)N(C)C)cc3)sc2c1. The number of carbonyl (C=O) groups is 1. The van der Waals surface area contributed by atoms with Crippen LogP contribution in [0, 0.1) is 0 Å². The maximum atomic E-state index is 13.6. The largest absolute Gasteiger partial charge is 0.494 e. The van der Waals surface area contributed by atoms with Crippen molar-refractivity contribution >= 4 is 42.6 Å². The molecule has 3 aromatic carbocycles. The van der Waals surface area contributed by atoms with Gasteiger partial charge < -0.3 is 4.74 Å². The van der Waals surface area contributed by atoms with Crippen molar-refractivity contribution in [1.29, 1.82) is 0 Å². The number of benzene rings is 3. The summed E-state index contributed by atoms with van der Waals surface area (Å²) in [6.07, 6.45) is 0.